The average molecular weight is 390 g/mol. The van der Waals surface area contributed by atoms with Crippen molar-refractivity contribution < 1.29 is 13.2 Å². The van der Waals surface area contributed by atoms with Gasteiger partial charge in [0, 0.05) is 0 Å². The van der Waals surface area contributed by atoms with Gasteiger partial charge in [-0.25, -0.2) is 0 Å². The molecule has 0 unspecified atom stereocenters. The van der Waals surface area contributed by atoms with Crippen molar-refractivity contribution in [2.45, 2.75) is 19.0 Å². The highest BCUT2D eigenvalue weighted by atomic mass is 127. The molecule has 0 radical (unpaired) electrons. The van der Waals surface area contributed by atoms with E-state index in [1.165, 1.54) is 17.7 Å². The minimum absolute atomic E-state index is 0.611. The van der Waals surface area contributed by atoms with Crippen molar-refractivity contribution in [1.82, 2.24) is 0 Å². The standard InChI is InChI=1S/C16H14F3I/c17-16(18,19)15-9-7-14(8-10-15)13-5-3-12(4-6-13)2-1-11-20/h3-10H,1-2,11H2. The van der Waals surface area contributed by atoms with Crippen LogP contribution in [0.15, 0.2) is 48.5 Å². The van der Waals surface area contributed by atoms with Gasteiger partial charge in [-0.1, -0.05) is 59.0 Å². The third kappa shape index (κ3) is 3.98. The summed E-state index contributed by atoms with van der Waals surface area (Å²) in [5.41, 5.74) is 2.40. The van der Waals surface area contributed by atoms with Crippen LogP contribution in [-0.2, 0) is 12.6 Å². The maximum absolute atomic E-state index is 12.5. The molecule has 106 valence electrons. The summed E-state index contributed by atoms with van der Waals surface area (Å²) in [5, 5.41) is 0. The fraction of sp³-hybridized carbons (Fsp3) is 0.250. The molecular formula is C16H14F3I. The summed E-state index contributed by atoms with van der Waals surface area (Å²) in [6.45, 7) is 0. The van der Waals surface area contributed by atoms with Gasteiger partial charge in [0.2, 0.25) is 0 Å². The van der Waals surface area contributed by atoms with Gasteiger partial charge in [-0.2, -0.15) is 13.2 Å². The molecule has 2 aromatic rings. The van der Waals surface area contributed by atoms with E-state index in [4.69, 9.17) is 0 Å². The Labute approximate surface area is 130 Å². The number of hydrogen-bond donors (Lipinski definition) is 0. The number of halogens is 4. The molecule has 0 amide bonds. The van der Waals surface area contributed by atoms with Gasteiger partial charge in [0.25, 0.3) is 0 Å². The summed E-state index contributed by atoms with van der Waals surface area (Å²) >= 11 is 2.35. The summed E-state index contributed by atoms with van der Waals surface area (Å²) in [5.74, 6) is 0. The van der Waals surface area contributed by atoms with E-state index in [9.17, 15) is 13.2 Å². The molecule has 4 heteroatoms. The first kappa shape index (κ1) is 15.4. The molecular weight excluding hydrogens is 376 g/mol. The molecule has 0 spiro atoms. The van der Waals surface area contributed by atoms with Crippen LogP contribution in [0.1, 0.15) is 17.5 Å². The van der Waals surface area contributed by atoms with E-state index in [-0.39, 0.29) is 0 Å². The molecule has 0 aliphatic heterocycles. The van der Waals surface area contributed by atoms with Gasteiger partial charge in [-0.3, -0.25) is 0 Å². The molecule has 0 atom stereocenters. The summed E-state index contributed by atoms with van der Waals surface area (Å²) in [6, 6.07) is 13.3. The lowest BCUT2D eigenvalue weighted by atomic mass is 10.0. The molecule has 2 rings (SSSR count). The highest BCUT2D eigenvalue weighted by Gasteiger charge is 2.29. The van der Waals surface area contributed by atoms with Crippen molar-refractivity contribution in [2.24, 2.45) is 0 Å². The largest absolute Gasteiger partial charge is 0.416 e. The lowest BCUT2D eigenvalue weighted by molar-refractivity contribution is -0.137. The molecule has 0 aromatic heterocycles. The monoisotopic (exact) mass is 390 g/mol. The molecule has 0 bridgehead atoms. The van der Waals surface area contributed by atoms with Crippen LogP contribution in [0.25, 0.3) is 11.1 Å². The zero-order chi connectivity index (χ0) is 14.6. The summed E-state index contributed by atoms with van der Waals surface area (Å²) in [4.78, 5) is 0. The second-order valence-electron chi connectivity index (χ2n) is 4.56. The van der Waals surface area contributed by atoms with Crippen molar-refractivity contribution in [2.75, 3.05) is 4.43 Å². The highest BCUT2D eigenvalue weighted by Crippen LogP contribution is 2.31. The highest BCUT2D eigenvalue weighted by molar-refractivity contribution is 14.1. The number of alkyl halides is 4. The topological polar surface area (TPSA) is 0 Å². The maximum Gasteiger partial charge on any atom is 0.416 e. The lowest BCUT2D eigenvalue weighted by Crippen LogP contribution is -2.03. The van der Waals surface area contributed by atoms with Crippen LogP contribution >= 0.6 is 22.6 Å². The van der Waals surface area contributed by atoms with E-state index in [0.717, 1.165) is 40.5 Å². The molecule has 0 aliphatic rings. The predicted octanol–water partition coefficient (Wildman–Crippen LogP) is 5.74. The molecule has 2 aromatic carbocycles. The van der Waals surface area contributed by atoms with Gasteiger partial charge >= 0.3 is 6.18 Å². The summed E-state index contributed by atoms with van der Waals surface area (Å²) in [7, 11) is 0. The van der Waals surface area contributed by atoms with Crippen LogP contribution in [0.2, 0.25) is 0 Å². The van der Waals surface area contributed by atoms with Crippen LogP contribution < -0.4 is 0 Å². The molecule has 0 aliphatic carbocycles. The molecule has 20 heavy (non-hydrogen) atoms. The number of benzene rings is 2. The third-order valence-electron chi connectivity index (χ3n) is 3.10. The molecule has 0 nitrogen and oxygen atoms in total. The normalized spacial score (nSPS) is 11.6. The Hall–Kier alpha value is -1.04. The smallest absolute Gasteiger partial charge is 0.166 e. The van der Waals surface area contributed by atoms with Gasteiger partial charge in [0.15, 0.2) is 0 Å². The average Bonchev–Trinajstić information content (AvgIpc) is 2.45. The van der Waals surface area contributed by atoms with Gasteiger partial charge in [0.05, 0.1) is 5.56 Å². The second-order valence-corrected chi connectivity index (χ2v) is 5.64. The van der Waals surface area contributed by atoms with Crippen LogP contribution in [0.3, 0.4) is 0 Å². The van der Waals surface area contributed by atoms with E-state index in [1.807, 2.05) is 24.3 Å². The van der Waals surface area contributed by atoms with E-state index >= 15 is 0 Å². The SMILES string of the molecule is FC(F)(F)c1ccc(-c2ccc(CCCI)cc2)cc1. The van der Waals surface area contributed by atoms with Crippen LogP contribution in [-0.4, -0.2) is 4.43 Å². The molecule has 0 fully saturated rings. The van der Waals surface area contributed by atoms with Gasteiger partial charge in [0.1, 0.15) is 0 Å². The second kappa shape index (κ2) is 6.61. The predicted molar refractivity (Wildman–Crippen MR) is 84.1 cm³/mol. The van der Waals surface area contributed by atoms with Crippen molar-refractivity contribution in [3.05, 3.63) is 59.7 Å². The number of hydrogen-bond acceptors (Lipinski definition) is 0. The number of aryl methyl sites for hydroxylation is 1. The van der Waals surface area contributed by atoms with Gasteiger partial charge in [-0.05, 0) is 46.1 Å². The van der Waals surface area contributed by atoms with E-state index in [0.29, 0.717) is 0 Å². The van der Waals surface area contributed by atoms with Crippen molar-refractivity contribution >= 4 is 22.6 Å². The van der Waals surface area contributed by atoms with Crippen molar-refractivity contribution in [3.63, 3.8) is 0 Å². The Kier molecular flexibility index (Phi) is 5.07. The van der Waals surface area contributed by atoms with Crippen molar-refractivity contribution in [3.8, 4) is 11.1 Å². The zero-order valence-electron chi connectivity index (χ0n) is 10.8. The van der Waals surface area contributed by atoms with Crippen LogP contribution in [0.4, 0.5) is 13.2 Å². The first-order valence-electron chi connectivity index (χ1n) is 6.33. The minimum atomic E-state index is -4.28. The Bertz CT molecular complexity index is 541. The van der Waals surface area contributed by atoms with E-state index in [2.05, 4.69) is 22.6 Å². The Morgan fingerprint density at radius 2 is 1.30 bits per heavy atom. The van der Waals surface area contributed by atoms with Crippen LogP contribution in [0, 0.1) is 0 Å². The summed E-state index contributed by atoms with van der Waals surface area (Å²) < 4.78 is 38.6. The van der Waals surface area contributed by atoms with Gasteiger partial charge < -0.3 is 0 Å². The summed E-state index contributed by atoms with van der Waals surface area (Å²) in [6.07, 6.45) is -2.10. The molecule has 0 saturated heterocycles. The first-order valence-corrected chi connectivity index (χ1v) is 7.86. The van der Waals surface area contributed by atoms with Crippen LogP contribution in [0.5, 0.6) is 0 Å². The van der Waals surface area contributed by atoms with Gasteiger partial charge in [-0.15, -0.1) is 0 Å². The Balaban J connectivity index is 2.15. The first-order chi connectivity index (χ1) is 9.50. The molecule has 0 saturated carbocycles. The Morgan fingerprint density at radius 1 is 0.800 bits per heavy atom. The molecule has 0 heterocycles. The fourth-order valence-corrected chi connectivity index (χ4v) is 2.37. The zero-order valence-corrected chi connectivity index (χ0v) is 12.9. The van der Waals surface area contributed by atoms with E-state index in [1.54, 1.807) is 0 Å². The quantitative estimate of drug-likeness (QED) is 0.461. The third-order valence-corrected chi connectivity index (χ3v) is 3.86. The fourth-order valence-electron chi connectivity index (χ4n) is 1.99. The maximum atomic E-state index is 12.5. The van der Waals surface area contributed by atoms with E-state index < -0.39 is 11.7 Å². The minimum Gasteiger partial charge on any atom is -0.166 e. The lowest BCUT2D eigenvalue weighted by Gasteiger charge is -2.08. The molecule has 0 N–H and O–H groups in total. The number of rotatable bonds is 4. The van der Waals surface area contributed by atoms with Crippen molar-refractivity contribution in [1.29, 1.82) is 0 Å². The Morgan fingerprint density at radius 3 is 1.75 bits per heavy atom.